The first kappa shape index (κ1) is 19.6. The number of carboxylic acids is 1. The first-order chi connectivity index (χ1) is 13.1. The topological polar surface area (TPSA) is 77.0 Å². The van der Waals surface area contributed by atoms with Crippen LogP contribution in [0.4, 0.5) is 5.69 Å². The largest absolute Gasteiger partial charge is 0.481 e. The molecule has 2 aliphatic heterocycles. The Balaban J connectivity index is 1.35. The normalized spacial score (nSPS) is 19.3. The van der Waals surface area contributed by atoms with Gasteiger partial charge in [0.05, 0.1) is 6.54 Å². The number of carboxylic acid groups (broad SMARTS) is 1. The average Bonchev–Trinajstić information content (AvgIpc) is 2.69. The third kappa shape index (κ3) is 5.92. The van der Waals surface area contributed by atoms with E-state index >= 15 is 0 Å². The van der Waals surface area contributed by atoms with Crippen LogP contribution in [0.1, 0.15) is 32.1 Å². The van der Waals surface area contributed by atoms with E-state index in [0.29, 0.717) is 12.5 Å². The van der Waals surface area contributed by atoms with Crippen molar-refractivity contribution in [2.24, 2.45) is 5.92 Å². The number of likely N-dealkylation sites (tertiary alicyclic amines) is 1. The van der Waals surface area contributed by atoms with Gasteiger partial charge >= 0.3 is 5.97 Å². The predicted molar refractivity (Wildman–Crippen MR) is 104 cm³/mol. The SMILES string of the molecule is O=C(O)CCCC1CCN(C(=O)CN2CCN(c3ccncc3)CC2)CC1. The predicted octanol–water partition coefficient (Wildman–Crippen LogP) is 1.70. The van der Waals surface area contributed by atoms with Crippen molar-refractivity contribution in [3.05, 3.63) is 24.5 Å². The van der Waals surface area contributed by atoms with Gasteiger partial charge in [-0.1, -0.05) is 0 Å². The van der Waals surface area contributed by atoms with E-state index in [0.717, 1.165) is 65.0 Å². The Morgan fingerprint density at radius 2 is 1.70 bits per heavy atom. The van der Waals surface area contributed by atoms with Crippen molar-refractivity contribution in [1.82, 2.24) is 14.8 Å². The van der Waals surface area contributed by atoms with E-state index in [1.165, 1.54) is 5.69 Å². The third-order valence-corrected chi connectivity index (χ3v) is 5.73. The number of aliphatic carboxylic acids is 1. The molecule has 0 radical (unpaired) electrons. The Kier molecular flexibility index (Phi) is 7.04. The van der Waals surface area contributed by atoms with Crippen LogP contribution in [-0.2, 0) is 9.59 Å². The average molecular weight is 374 g/mol. The molecule has 7 heteroatoms. The molecule has 2 fully saturated rings. The summed E-state index contributed by atoms with van der Waals surface area (Å²) < 4.78 is 0. The lowest BCUT2D eigenvalue weighted by Gasteiger charge is -2.37. The Labute approximate surface area is 161 Å². The van der Waals surface area contributed by atoms with Crippen LogP contribution < -0.4 is 4.90 Å². The summed E-state index contributed by atoms with van der Waals surface area (Å²) in [5, 5.41) is 8.73. The third-order valence-electron chi connectivity index (χ3n) is 5.73. The number of hydrogen-bond acceptors (Lipinski definition) is 5. The molecule has 1 aromatic rings. The quantitative estimate of drug-likeness (QED) is 0.783. The van der Waals surface area contributed by atoms with Gasteiger partial charge in [0.15, 0.2) is 0 Å². The van der Waals surface area contributed by atoms with Crippen molar-refractivity contribution in [2.75, 3.05) is 50.7 Å². The number of carbonyl (C=O) groups is 2. The van der Waals surface area contributed by atoms with Crippen molar-refractivity contribution in [3.63, 3.8) is 0 Å². The molecule has 3 rings (SSSR count). The smallest absolute Gasteiger partial charge is 0.303 e. The monoisotopic (exact) mass is 374 g/mol. The van der Waals surface area contributed by atoms with Gasteiger partial charge in [-0.3, -0.25) is 19.5 Å². The first-order valence-corrected chi connectivity index (χ1v) is 9.98. The standard InChI is InChI=1S/C20H30N4O3/c25-19(24-10-6-17(7-11-24)2-1-3-20(26)27)16-22-12-14-23(15-13-22)18-4-8-21-9-5-18/h4-5,8-9,17H,1-3,6-7,10-16H2,(H,26,27). The lowest BCUT2D eigenvalue weighted by Crippen LogP contribution is -2.51. The van der Waals surface area contributed by atoms with Gasteiger partial charge < -0.3 is 14.9 Å². The number of hydrogen-bond donors (Lipinski definition) is 1. The molecule has 1 amide bonds. The van der Waals surface area contributed by atoms with E-state index in [9.17, 15) is 9.59 Å². The minimum absolute atomic E-state index is 0.233. The fourth-order valence-corrected chi connectivity index (χ4v) is 4.02. The molecule has 0 bridgehead atoms. The molecule has 0 aliphatic carbocycles. The molecule has 3 heterocycles. The highest BCUT2D eigenvalue weighted by Crippen LogP contribution is 2.23. The summed E-state index contributed by atoms with van der Waals surface area (Å²) >= 11 is 0. The highest BCUT2D eigenvalue weighted by atomic mass is 16.4. The van der Waals surface area contributed by atoms with Crippen LogP contribution in [0.15, 0.2) is 24.5 Å². The van der Waals surface area contributed by atoms with E-state index in [2.05, 4.69) is 14.8 Å². The summed E-state index contributed by atoms with van der Waals surface area (Å²) in [6, 6.07) is 4.06. The summed E-state index contributed by atoms with van der Waals surface area (Å²) in [6.07, 6.45) is 7.60. The maximum Gasteiger partial charge on any atom is 0.303 e. The molecule has 0 atom stereocenters. The second kappa shape index (κ2) is 9.69. The lowest BCUT2D eigenvalue weighted by molar-refractivity contribution is -0.137. The van der Waals surface area contributed by atoms with Crippen molar-refractivity contribution in [3.8, 4) is 0 Å². The summed E-state index contributed by atoms with van der Waals surface area (Å²) in [7, 11) is 0. The van der Waals surface area contributed by atoms with Gasteiger partial charge in [0.1, 0.15) is 0 Å². The second-order valence-corrected chi connectivity index (χ2v) is 7.58. The van der Waals surface area contributed by atoms with Crippen LogP contribution in [0.25, 0.3) is 0 Å². The van der Waals surface area contributed by atoms with E-state index in [4.69, 9.17) is 5.11 Å². The summed E-state index contributed by atoms with van der Waals surface area (Å²) in [5.41, 5.74) is 1.20. The van der Waals surface area contributed by atoms with Gasteiger partial charge in [-0.05, 0) is 43.7 Å². The van der Waals surface area contributed by atoms with Crippen LogP contribution in [0.5, 0.6) is 0 Å². The molecule has 7 nitrogen and oxygen atoms in total. The van der Waals surface area contributed by atoms with Crippen LogP contribution in [0, 0.1) is 5.92 Å². The minimum Gasteiger partial charge on any atom is -0.481 e. The fourth-order valence-electron chi connectivity index (χ4n) is 4.02. The minimum atomic E-state index is -0.716. The van der Waals surface area contributed by atoms with Crippen LogP contribution >= 0.6 is 0 Å². The zero-order valence-electron chi connectivity index (χ0n) is 15.9. The van der Waals surface area contributed by atoms with Crippen molar-refractivity contribution >= 4 is 17.6 Å². The van der Waals surface area contributed by atoms with Gasteiger partial charge in [-0.25, -0.2) is 0 Å². The number of carbonyl (C=O) groups excluding carboxylic acids is 1. The molecule has 2 saturated heterocycles. The van der Waals surface area contributed by atoms with Crippen LogP contribution in [0.2, 0.25) is 0 Å². The Morgan fingerprint density at radius 1 is 1.04 bits per heavy atom. The zero-order valence-corrected chi connectivity index (χ0v) is 15.9. The number of aromatic nitrogens is 1. The number of nitrogens with zero attached hydrogens (tertiary/aromatic N) is 4. The Hall–Kier alpha value is -2.15. The van der Waals surface area contributed by atoms with Gasteiger partial charge in [0, 0.05) is 63.8 Å². The number of amides is 1. The second-order valence-electron chi connectivity index (χ2n) is 7.58. The summed E-state index contributed by atoms with van der Waals surface area (Å²) in [5.74, 6) is 0.0836. The van der Waals surface area contributed by atoms with Crippen LogP contribution in [-0.4, -0.2) is 77.6 Å². The van der Waals surface area contributed by atoms with Crippen molar-refractivity contribution in [1.29, 1.82) is 0 Å². The van der Waals surface area contributed by atoms with Gasteiger partial charge in [-0.15, -0.1) is 0 Å². The highest BCUT2D eigenvalue weighted by Gasteiger charge is 2.25. The number of pyridine rings is 1. The summed E-state index contributed by atoms with van der Waals surface area (Å²) in [6.45, 7) is 5.81. The lowest BCUT2D eigenvalue weighted by atomic mass is 9.91. The van der Waals surface area contributed by atoms with E-state index in [-0.39, 0.29) is 12.3 Å². The molecule has 0 aromatic carbocycles. The molecule has 27 heavy (non-hydrogen) atoms. The molecular formula is C20H30N4O3. The van der Waals surface area contributed by atoms with Crippen LogP contribution in [0.3, 0.4) is 0 Å². The molecule has 0 unspecified atom stereocenters. The van der Waals surface area contributed by atoms with Crippen molar-refractivity contribution < 1.29 is 14.7 Å². The van der Waals surface area contributed by atoms with E-state index in [1.807, 2.05) is 29.4 Å². The molecule has 0 spiro atoms. The van der Waals surface area contributed by atoms with E-state index < -0.39 is 5.97 Å². The van der Waals surface area contributed by atoms with Crippen molar-refractivity contribution in [2.45, 2.75) is 32.1 Å². The number of piperazine rings is 1. The molecule has 148 valence electrons. The van der Waals surface area contributed by atoms with Gasteiger partial charge in [0.25, 0.3) is 0 Å². The zero-order chi connectivity index (χ0) is 19.1. The van der Waals surface area contributed by atoms with E-state index in [1.54, 1.807) is 0 Å². The number of piperidine rings is 1. The Bertz CT molecular complexity index is 609. The molecule has 1 aromatic heterocycles. The first-order valence-electron chi connectivity index (χ1n) is 9.98. The van der Waals surface area contributed by atoms with Gasteiger partial charge in [-0.2, -0.15) is 0 Å². The highest BCUT2D eigenvalue weighted by molar-refractivity contribution is 5.78. The molecule has 1 N–H and O–H groups in total. The molecule has 0 saturated carbocycles. The summed E-state index contributed by atoms with van der Waals surface area (Å²) in [4.78, 5) is 33.9. The number of anilines is 1. The number of rotatable bonds is 7. The Morgan fingerprint density at radius 3 is 2.33 bits per heavy atom. The molecule has 2 aliphatic rings. The maximum atomic E-state index is 12.6. The molecular weight excluding hydrogens is 344 g/mol. The fraction of sp³-hybridized carbons (Fsp3) is 0.650. The van der Waals surface area contributed by atoms with Gasteiger partial charge in [0.2, 0.25) is 5.91 Å². The maximum absolute atomic E-state index is 12.6.